The summed E-state index contributed by atoms with van der Waals surface area (Å²) in [6.07, 6.45) is 1.86. The maximum absolute atomic E-state index is 11.8. The van der Waals surface area contributed by atoms with Gasteiger partial charge in [-0.1, -0.05) is 42.4 Å². The molecule has 2 aromatic rings. The molecule has 7 nitrogen and oxygen atoms in total. The lowest BCUT2D eigenvalue weighted by molar-refractivity contribution is 0.189. The van der Waals surface area contributed by atoms with Gasteiger partial charge < -0.3 is 5.32 Å². The third-order valence-corrected chi connectivity index (χ3v) is 3.93. The average Bonchev–Trinajstić information content (AvgIpc) is 2.83. The van der Waals surface area contributed by atoms with Crippen molar-refractivity contribution in [2.75, 3.05) is 5.32 Å². The van der Waals surface area contributed by atoms with Crippen molar-refractivity contribution in [2.24, 2.45) is 7.05 Å². The van der Waals surface area contributed by atoms with E-state index in [0.717, 1.165) is 12.8 Å². The second-order valence-electron chi connectivity index (χ2n) is 5.73. The Morgan fingerprint density at radius 3 is 2.67 bits per heavy atom. The predicted molar refractivity (Wildman–Crippen MR) is 77.8 cm³/mol. The molecule has 1 heterocycles. The number of carbonyl (C=O) groups excluding carboxylic acids is 1. The average molecular weight is 286 g/mol. The van der Waals surface area contributed by atoms with E-state index >= 15 is 0 Å². The Morgan fingerprint density at radius 2 is 2.05 bits per heavy atom. The first kappa shape index (κ1) is 13.5. The molecule has 0 bridgehead atoms. The molecule has 0 spiro atoms. The Labute approximate surface area is 122 Å². The van der Waals surface area contributed by atoms with Crippen molar-refractivity contribution < 1.29 is 4.79 Å². The zero-order valence-corrected chi connectivity index (χ0v) is 12.1. The van der Waals surface area contributed by atoms with Gasteiger partial charge in [0.25, 0.3) is 5.95 Å². The van der Waals surface area contributed by atoms with Crippen LogP contribution in [0.3, 0.4) is 0 Å². The molecule has 3 rings (SSSR count). The molecule has 2 amide bonds. The Hall–Kier alpha value is -2.44. The van der Waals surface area contributed by atoms with Crippen molar-refractivity contribution in [2.45, 2.75) is 31.2 Å². The number of nitrogens with zero attached hydrogens (tertiary/aromatic N) is 4. The molecule has 1 fully saturated rings. The van der Waals surface area contributed by atoms with Crippen LogP contribution in [0.1, 0.15) is 25.3 Å². The largest absolute Gasteiger partial charge is 0.335 e. The highest BCUT2D eigenvalue weighted by Gasteiger charge is 2.42. The van der Waals surface area contributed by atoms with E-state index in [1.54, 1.807) is 7.05 Å². The number of carbonyl (C=O) groups is 1. The van der Waals surface area contributed by atoms with Crippen molar-refractivity contribution in [3.8, 4) is 0 Å². The van der Waals surface area contributed by atoms with Crippen molar-refractivity contribution in [1.82, 2.24) is 25.5 Å². The van der Waals surface area contributed by atoms with Gasteiger partial charge in [0.15, 0.2) is 0 Å². The molecular weight excluding hydrogens is 268 g/mol. The standard InChI is InChI=1S/C14H18N6O/c1-14(10-6-4-3-5-7-10)8-11(9-14)15-13(21)16-12-17-19-20(2)18-12/h3-7,11H,8-9H2,1-2H3,(H2,15,16,18,21). The van der Waals surface area contributed by atoms with E-state index in [2.05, 4.69) is 45.1 Å². The number of aryl methyl sites for hydroxylation is 1. The minimum Gasteiger partial charge on any atom is -0.335 e. The highest BCUT2D eigenvalue weighted by atomic mass is 16.2. The van der Waals surface area contributed by atoms with Crippen LogP contribution in [0, 0.1) is 0 Å². The van der Waals surface area contributed by atoms with E-state index < -0.39 is 0 Å². The number of tetrazole rings is 1. The van der Waals surface area contributed by atoms with Crippen LogP contribution in [0.25, 0.3) is 0 Å². The lowest BCUT2D eigenvalue weighted by Crippen LogP contribution is -2.52. The minimum atomic E-state index is -0.289. The number of hydrogen-bond donors (Lipinski definition) is 2. The van der Waals surface area contributed by atoms with Crippen molar-refractivity contribution >= 4 is 12.0 Å². The third kappa shape index (κ3) is 2.86. The van der Waals surface area contributed by atoms with Crippen LogP contribution in [0.4, 0.5) is 10.7 Å². The third-order valence-electron chi connectivity index (χ3n) is 3.93. The molecule has 1 aliphatic rings. The van der Waals surface area contributed by atoms with E-state index in [1.807, 2.05) is 18.2 Å². The van der Waals surface area contributed by atoms with Gasteiger partial charge in [-0.05, 0) is 29.0 Å². The number of amides is 2. The van der Waals surface area contributed by atoms with Crippen LogP contribution in [0.15, 0.2) is 30.3 Å². The van der Waals surface area contributed by atoms with Crippen LogP contribution in [0.5, 0.6) is 0 Å². The first-order chi connectivity index (χ1) is 10.0. The normalized spacial score (nSPS) is 24.2. The van der Waals surface area contributed by atoms with Crippen LogP contribution in [0.2, 0.25) is 0 Å². The van der Waals surface area contributed by atoms with Gasteiger partial charge in [-0.3, -0.25) is 5.32 Å². The molecule has 1 aliphatic carbocycles. The quantitative estimate of drug-likeness (QED) is 0.894. The summed E-state index contributed by atoms with van der Waals surface area (Å²) in [6, 6.07) is 10.3. The number of aromatic nitrogens is 4. The fourth-order valence-electron chi connectivity index (χ4n) is 2.86. The minimum absolute atomic E-state index is 0.143. The first-order valence-corrected chi connectivity index (χ1v) is 6.92. The summed E-state index contributed by atoms with van der Waals surface area (Å²) in [4.78, 5) is 13.1. The van der Waals surface area contributed by atoms with E-state index in [0.29, 0.717) is 0 Å². The molecule has 21 heavy (non-hydrogen) atoms. The second kappa shape index (κ2) is 5.16. The lowest BCUT2D eigenvalue weighted by Gasteiger charge is -2.45. The predicted octanol–water partition coefficient (Wildman–Crippen LogP) is 1.45. The van der Waals surface area contributed by atoms with Gasteiger partial charge in [-0.15, -0.1) is 5.10 Å². The molecule has 1 aromatic heterocycles. The highest BCUT2D eigenvalue weighted by Crippen LogP contribution is 2.43. The van der Waals surface area contributed by atoms with Gasteiger partial charge in [0, 0.05) is 6.04 Å². The topological polar surface area (TPSA) is 84.7 Å². The van der Waals surface area contributed by atoms with Gasteiger partial charge in [0.2, 0.25) is 0 Å². The molecule has 2 N–H and O–H groups in total. The SMILES string of the molecule is Cn1nnc(NC(=O)NC2CC(C)(c3ccccc3)C2)n1. The fraction of sp³-hybridized carbons (Fsp3) is 0.429. The lowest BCUT2D eigenvalue weighted by atomic mass is 9.63. The maximum atomic E-state index is 11.8. The maximum Gasteiger partial charge on any atom is 0.321 e. The molecule has 7 heteroatoms. The number of nitrogens with one attached hydrogen (secondary N) is 2. The van der Waals surface area contributed by atoms with Gasteiger partial charge in [0.05, 0.1) is 7.05 Å². The van der Waals surface area contributed by atoms with E-state index in [9.17, 15) is 4.79 Å². The summed E-state index contributed by atoms with van der Waals surface area (Å²) in [5.41, 5.74) is 1.46. The monoisotopic (exact) mass is 286 g/mol. The highest BCUT2D eigenvalue weighted by molar-refractivity contribution is 5.87. The van der Waals surface area contributed by atoms with Crippen molar-refractivity contribution in [3.05, 3.63) is 35.9 Å². The Balaban J connectivity index is 1.51. The molecule has 0 saturated heterocycles. The Morgan fingerprint density at radius 1 is 1.33 bits per heavy atom. The number of benzene rings is 1. The molecule has 0 atom stereocenters. The number of hydrogen-bond acceptors (Lipinski definition) is 4. The van der Waals surface area contributed by atoms with Crippen molar-refractivity contribution in [1.29, 1.82) is 0 Å². The summed E-state index contributed by atoms with van der Waals surface area (Å²) in [6.45, 7) is 2.22. The number of anilines is 1. The van der Waals surface area contributed by atoms with Gasteiger partial charge in [-0.25, -0.2) is 4.79 Å². The molecule has 0 unspecified atom stereocenters. The Kier molecular flexibility index (Phi) is 3.32. The van der Waals surface area contributed by atoms with Crippen LogP contribution in [-0.2, 0) is 12.5 Å². The molecule has 1 aromatic carbocycles. The summed E-state index contributed by atoms with van der Waals surface area (Å²) >= 11 is 0. The molecule has 0 aliphatic heterocycles. The number of rotatable bonds is 3. The summed E-state index contributed by atoms with van der Waals surface area (Å²) < 4.78 is 0. The zero-order chi connectivity index (χ0) is 14.9. The van der Waals surface area contributed by atoms with E-state index in [1.165, 1.54) is 10.4 Å². The van der Waals surface area contributed by atoms with Crippen LogP contribution < -0.4 is 10.6 Å². The number of urea groups is 1. The Bertz CT molecular complexity index is 632. The second-order valence-corrected chi connectivity index (χ2v) is 5.73. The van der Waals surface area contributed by atoms with E-state index in [4.69, 9.17) is 0 Å². The smallest absolute Gasteiger partial charge is 0.321 e. The molecule has 110 valence electrons. The summed E-state index contributed by atoms with van der Waals surface area (Å²) in [5, 5.41) is 16.8. The van der Waals surface area contributed by atoms with Crippen LogP contribution in [-0.4, -0.2) is 32.3 Å². The summed E-state index contributed by atoms with van der Waals surface area (Å²) in [7, 11) is 1.65. The molecule has 0 radical (unpaired) electrons. The van der Waals surface area contributed by atoms with E-state index in [-0.39, 0.29) is 23.4 Å². The first-order valence-electron chi connectivity index (χ1n) is 6.92. The van der Waals surface area contributed by atoms with Gasteiger partial charge in [0.1, 0.15) is 0 Å². The zero-order valence-electron chi connectivity index (χ0n) is 12.1. The van der Waals surface area contributed by atoms with Gasteiger partial charge in [-0.2, -0.15) is 4.80 Å². The fourth-order valence-corrected chi connectivity index (χ4v) is 2.86. The summed E-state index contributed by atoms with van der Waals surface area (Å²) in [5.74, 6) is 0.208. The molecular formula is C14H18N6O. The molecule has 1 saturated carbocycles. The van der Waals surface area contributed by atoms with Crippen molar-refractivity contribution in [3.63, 3.8) is 0 Å². The van der Waals surface area contributed by atoms with Crippen LogP contribution >= 0.6 is 0 Å². The van der Waals surface area contributed by atoms with Gasteiger partial charge >= 0.3 is 6.03 Å².